The van der Waals surface area contributed by atoms with Gasteiger partial charge >= 0.3 is 0 Å². The van der Waals surface area contributed by atoms with Crippen LogP contribution in [0.5, 0.6) is 0 Å². The van der Waals surface area contributed by atoms with E-state index in [-0.39, 0.29) is 0 Å². The second kappa shape index (κ2) is 2.52. The molecule has 0 aliphatic heterocycles. The number of hydrogen-bond acceptors (Lipinski definition) is 0. The molecule has 0 heteroatoms. The summed E-state index contributed by atoms with van der Waals surface area (Å²) in [4.78, 5) is 0. The smallest absolute Gasteiger partial charge is 0.0292 e. The van der Waals surface area contributed by atoms with Crippen molar-refractivity contribution in [2.45, 2.75) is 39.0 Å². The molecule has 0 nitrogen and oxygen atoms in total. The lowest BCUT2D eigenvalue weighted by Crippen LogP contribution is -2.18. The quantitative estimate of drug-likeness (QED) is 0.480. The molecule has 4 fully saturated rings. The molecule has 0 aromatic heterocycles. The van der Waals surface area contributed by atoms with Crippen LogP contribution in [0.4, 0.5) is 0 Å². The molecular formula is C12H18. The van der Waals surface area contributed by atoms with Crippen molar-refractivity contribution < 1.29 is 0 Å². The van der Waals surface area contributed by atoms with Gasteiger partial charge in [0, 0.05) is 0 Å². The van der Waals surface area contributed by atoms with Crippen LogP contribution in [0.25, 0.3) is 0 Å². The third-order valence-corrected chi connectivity index (χ3v) is 4.40. The minimum atomic E-state index is 0.827. The summed E-state index contributed by atoms with van der Waals surface area (Å²) in [6.45, 7) is 2.54. The predicted molar refractivity (Wildman–Crippen MR) is 51.6 cm³/mol. The van der Waals surface area contributed by atoms with Gasteiger partial charge < -0.3 is 0 Å². The molecule has 0 aromatic carbocycles. The zero-order chi connectivity index (χ0) is 8.77. The first-order valence-corrected chi connectivity index (χ1v) is 5.10. The molecule has 4 aliphatic rings. The van der Waals surface area contributed by atoms with E-state index in [0.717, 1.165) is 23.2 Å². The van der Waals surface area contributed by atoms with Crippen LogP contribution < -0.4 is 0 Å². The Balaban J connectivity index is 0.000000264. The normalized spacial score (nSPS) is 53.4. The van der Waals surface area contributed by atoms with Crippen LogP contribution in [0.2, 0.25) is 0 Å². The van der Waals surface area contributed by atoms with Gasteiger partial charge in [-0.05, 0) is 55.3 Å². The molecule has 4 saturated carbocycles. The van der Waals surface area contributed by atoms with Crippen LogP contribution in [0.3, 0.4) is 0 Å². The Morgan fingerprint density at radius 1 is 1.00 bits per heavy atom. The van der Waals surface area contributed by atoms with E-state index in [1.54, 1.807) is 32.1 Å². The van der Waals surface area contributed by atoms with Crippen molar-refractivity contribution in [2.24, 2.45) is 23.2 Å². The average Bonchev–Trinajstić information content (AvgIpc) is 2.38. The molecule has 0 saturated heterocycles. The molecule has 66 valence electrons. The van der Waals surface area contributed by atoms with E-state index in [1.807, 2.05) is 0 Å². The van der Waals surface area contributed by atoms with Crippen LogP contribution in [-0.4, -0.2) is 0 Å². The summed E-state index contributed by atoms with van der Waals surface area (Å²) < 4.78 is 0. The molecule has 0 heterocycles. The highest BCUT2D eigenvalue weighted by Gasteiger charge is 2.54. The highest BCUT2D eigenvalue weighted by atomic mass is 14.6. The summed E-state index contributed by atoms with van der Waals surface area (Å²) in [5.74, 6) is 3.46. The van der Waals surface area contributed by atoms with E-state index in [4.69, 9.17) is 0 Å². The highest BCUT2D eigenvalue weighted by molar-refractivity contribution is 5.04. The standard InChI is InChI=1S/C10H16.C2H2/c1-10-5-7-2-8(6-10)4-9(10)3-7;1-2/h7-9H,2-6H2,1H3;1-2H. The van der Waals surface area contributed by atoms with Gasteiger partial charge in [0.05, 0.1) is 0 Å². The summed E-state index contributed by atoms with van der Waals surface area (Å²) in [5, 5.41) is 0. The molecule has 0 spiro atoms. The van der Waals surface area contributed by atoms with E-state index >= 15 is 0 Å². The topological polar surface area (TPSA) is 0 Å². The van der Waals surface area contributed by atoms with Crippen molar-refractivity contribution >= 4 is 0 Å². The Hall–Kier alpha value is -0.440. The van der Waals surface area contributed by atoms with E-state index in [9.17, 15) is 0 Å². The lowest BCUT2D eigenvalue weighted by molar-refractivity contribution is 0.224. The van der Waals surface area contributed by atoms with Gasteiger partial charge in [-0.3, -0.25) is 0 Å². The summed E-state index contributed by atoms with van der Waals surface area (Å²) >= 11 is 0. The molecule has 4 aliphatic carbocycles. The Labute approximate surface area is 75.7 Å². The number of rotatable bonds is 0. The monoisotopic (exact) mass is 162 g/mol. The van der Waals surface area contributed by atoms with Gasteiger partial charge in [-0.1, -0.05) is 6.92 Å². The Morgan fingerprint density at radius 3 is 1.83 bits per heavy atom. The maximum absolute atomic E-state index is 4.00. The van der Waals surface area contributed by atoms with Gasteiger partial charge in [0.2, 0.25) is 0 Å². The zero-order valence-electron chi connectivity index (χ0n) is 7.92. The second-order valence-electron chi connectivity index (χ2n) is 5.20. The molecule has 4 rings (SSSR count). The van der Waals surface area contributed by atoms with Crippen molar-refractivity contribution in [2.75, 3.05) is 0 Å². The van der Waals surface area contributed by atoms with Gasteiger partial charge in [-0.25, -0.2) is 0 Å². The van der Waals surface area contributed by atoms with Crippen molar-refractivity contribution in [1.29, 1.82) is 0 Å². The van der Waals surface area contributed by atoms with Crippen LogP contribution in [-0.2, 0) is 0 Å². The number of terminal acetylenes is 1. The van der Waals surface area contributed by atoms with Gasteiger partial charge in [0.15, 0.2) is 0 Å². The maximum Gasteiger partial charge on any atom is -0.0292 e. The van der Waals surface area contributed by atoms with Crippen LogP contribution >= 0.6 is 0 Å². The first-order chi connectivity index (χ1) is 5.76. The molecule has 12 heavy (non-hydrogen) atoms. The SMILES string of the molecule is C#C.CC12CC3CC(CC1C3)C2. The molecule has 0 N–H and O–H groups in total. The number of hydrogen-bond donors (Lipinski definition) is 0. The lowest BCUT2D eigenvalue weighted by atomic mass is 9.77. The lowest BCUT2D eigenvalue weighted by Gasteiger charge is -2.28. The van der Waals surface area contributed by atoms with Crippen LogP contribution in [0, 0.1) is 36.0 Å². The van der Waals surface area contributed by atoms with Crippen molar-refractivity contribution in [1.82, 2.24) is 0 Å². The van der Waals surface area contributed by atoms with Crippen LogP contribution in [0.15, 0.2) is 0 Å². The Kier molecular flexibility index (Phi) is 1.72. The predicted octanol–water partition coefficient (Wildman–Crippen LogP) is 3.08. The molecule has 2 atom stereocenters. The molecule has 4 bridgehead atoms. The summed E-state index contributed by atoms with van der Waals surface area (Å²) in [7, 11) is 0. The fourth-order valence-corrected chi connectivity index (χ4v) is 4.20. The third kappa shape index (κ3) is 0.922. The van der Waals surface area contributed by atoms with E-state index in [0.29, 0.717) is 0 Å². The molecule has 0 amide bonds. The second-order valence-corrected chi connectivity index (χ2v) is 5.20. The minimum absolute atomic E-state index is 0.827. The molecule has 0 aromatic rings. The van der Waals surface area contributed by atoms with Crippen molar-refractivity contribution in [3.63, 3.8) is 0 Å². The van der Waals surface area contributed by atoms with Crippen LogP contribution in [0.1, 0.15) is 39.0 Å². The van der Waals surface area contributed by atoms with E-state index < -0.39 is 0 Å². The molecule has 2 unspecified atom stereocenters. The first kappa shape index (κ1) is 8.17. The molecular weight excluding hydrogens is 144 g/mol. The largest absolute Gasteiger partial charge is 0.124 e. The van der Waals surface area contributed by atoms with E-state index in [1.165, 1.54) is 0 Å². The fourth-order valence-electron chi connectivity index (χ4n) is 4.20. The zero-order valence-corrected chi connectivity index (χ0v) is 7.92. The first-order valence-electron chi connectivity index (χ1n) is 5.10. The Morgan fingerprint density at radius 2 is 1.50 bits per heavy atom. The van der Waals surface area contributed by atoms with Gasteiger partial charge in [0.1, 0.15) is 0 Å². The average molecular weight is 162 g/mol. The molecule has 0 radical (unpaired) electrons. The van der Waals surface area contributed by atoms with Gasteiger partial charge in [0.25, 0.3) is 0 Å². The summed E-state index contributed by atoms with van der Waals surface area (Å²) in [5.41, 5.74) is 0.827. The third-order valence-electron chi connectivity index (χ3n) is 4.40. The Bertz CT molecular complexity index is 187. The maximum atomic E-state index is 4.00. The van der Waals surface area contributed by atoms with Gasteiger partial charge in [-0.15, -0.1) is 12.8 Å². The highest BCUT2D eigenvalue weighted by Crippen LogP contribution is 2.64. The minimum Gasteiger partial charge on any atom is -0.124 e. The summed E-state index contributed by atoms with van der Waals surface area (Å²) in [6, 6.07) is 0. The van der Waals surface area contributed by atoms with Crippen molar-refractivity contribution in [3.05, 3.63) is 0 Å². The van der Waals surface area contributed by atoms with Gasteiger partial charge in [-0.2, -0.15) is 0 Å². The van der Waals surface area contributed by atoms with Crippen molar-refractivity contribution in [3.8, 4) is 12.8 Å². The fraction of sp³-hybridized carbons (Fsp3) is 0.833. The van der Waals surface area contributed by atoms with E-state index in [2.05, 4.69) is 19.8 Å². The summed E-state index contributed by atoms with van der Waals surface area (Å²) in [6.07, 6.45) is 15.9.